The maximum atomic E-state index is 4.18. The van der Waals surface area contributed by atoms with Gasteiger partial charge in [-0.05, 0) is 36.8 Å². The van der Waals surface area contributed by atoms with Crippen molar-refractivity contribution in [1.29, 1.82) is 0 Å². The van der Waals surface area contributed by atoms with E-state index in [0.717, 1.165) is 18.7 Å². The summed E-state index contributed by atoms with van der Waals surface area (Å²) in [6, 6.07) is 2.18. The highest BCUT2D eigenvalue weighted by Gasteiger charge is 2.12. The minimum atomic E-state index is 0.530. The van der Waals surface area contributed by atoms with Crippen molar-refractivity contribution in [3.63, 3.8) is 0 Å². The zero-order valence-corrected chi connectivity index (χ0v) is 10.8. The van der Waals surface area contributed by atoms with E-state index in [1.165, 1.54) is 10.4 Å². The van der Waals surface area contributed by atoms with Crippen LogP contribution in [0.25, 0.3) is 0 Å². The summed E-state index contributed by atoms with van der Waals surface area (Å²) in [6.45, 7) is 7.39. The van der Waals surface area contributed by atoms with Crippen LogP contribution in [0.3, 0.4) is 0 Å². The predicted molar refractivity (Wildman–Crippen MR) is 66.9 cm³/mol. The molecule has 2 aromatic heterocycles. The average Bonchev–Trinajstić information content (AvgIpc) is 2.86. The Labute approximate surface area is 100 Å². The summed E-state index contributed by atoms with van der Waals surface area (Å²) in [6.07, 6.45) is 3.01. The van der Waals surface area contributed by atoms with Gasteiger partial charge in [-0.1, -0.05) is 12.1 Å². The summed E-state index contributed by atoms with van der Waals surface area (Å²) >= 11 is 1.83. The lowest BCUT2D eigenvalue weighted by Gasteiger charge is -2.08. The second kappa shape index (κ2) is 4.78. The fourth-order valence-electron chi connectivity index (χ4n) is 1.88. The quantitative estimate of drug-likeness (QED) is 0.815. The van der Waals surface area contributed by atoms with E-state index in [0.29, 0.717) is 5.92 Å². The lowest BCUT2D eigenvalue weighted by molar-refractivity contribution is 0.626. The van der Waals surface area contributed by atoms with Crippen LogP contribution in [-0.4, -0.2) is 15.0 Å². The highest BCUT2D eigenvalue weighted by molar-refractivity contribution is 7.10. The van der Waals surface area contributed by atoms with Gasteiger partial charge in [-0.15, -0.1) is 16.4 Å². The fraction of sp³-hybridized carbons (Fsp3) is 0.500. The average molecular weight is 235 g/mol. The van der Waals surface area contributed by atoms with Gasteiger partial charge >= 0.3 is 0 Å². The van der Waals surface area contributed by atoms with E-state index in [2.05, 4.69) is 42.5 Å². The number of aromatic nitrogens is 3. The third-order valence-corrected chi connectivity index (χ3v) is 4.03. The van der Waals surface area contributed by atoms with Crippen LogP contribution in [0, 0.1) is 6.92 Å². The topological polar surface area (TPSA) is 30.7 Å². The smallest absolute Gasteiger partial charge is 0.0833 e. The zero-order valence-electron chi connectivity index (χ0n) is 9.97. The summed E-state index contributed by atoms with van der Waals surface area (Å²) in [5.74, 6) is 0.530. The molecule has 4 heteroatoms. The molecule has 0 spiro atoms. The van der Waals surface area contributed by atoms with Crippen LogP contribution in [0.15, 0.2) is 17.6 Å². The molecule has 2 rings (SSSR count). The number of nitrogens with zero attached hydrogens (tertiary/aromatic N) is 3. The van der Waals surface area contributed by atoms with Crippen LogP contribution in [0.5, 0.6) is 0 Å². The molecule has 0 aliphatic carbocycles. The van der Waals surface area contributed by atoms with Crippen LogP contribution in [0.2, 0.25) is 0 Å². The van der Waals surface area contributed by atoms with Crippen LogP contribution in [-0.2, 0) is 13.0 Å². The van der Waals surface area contributed by atoms with E-state index in [1.807, 2.05) is 22.2 Å². The SMILES string of the molecule is CCn1cc(CC(C)c2sccc2C)nn1. The summed E-state index contributed by atoms with van der Waals surface area (Å²) < 4.78 is 1.88. The first-order chi connectivity index (χ1) is 7.70. The van der Waals surface area contributed by atoms with Crippen molar-refractivity contribution < 1.29 is 0 Å². The normalized spacial score (nSPS) is 12.9. The van der Waals surface area contributed by atoms with Crippen LogP contribution in [0.1, 0.15) is 35.9 Å². The number of rotatable bonds is 4. The Balaban J connectivity index is 2.07. The summed E-state index contributed by atoms with van der Waals surface area (Å²) in [7, 11) is 0. The van der Waals surface area contributed by atoms with Crippen molar-refractivity contribution in [2.75, 3.05) is 0 Å². The third kappa shape index (κ3) is 2.32. The molecule has 86 valence electrons. The van der Waals surface area contributed by atoms with Gasteiger partial charge in [0.05, 0.1) is 5.69 Å². The second-order valence-electron chi connectivity index (χ2n) is 4.14. The van der Waals surface area contributed by atoms with Crippen molar-refractivity contribution in [3.05, 3.63) is 33.8 Å². The van der Waals surface area contributed by atoms with Gasteiger partial charge in [0.1, 0.15) is 0 Å². The van der Waals surface area contributed by atoms with E-state index < -0.39 is 0 Å². The summed E-state index contributed by atoms with van der Waals surface area (Å²) in [5, 5.41) is 10.4. The van der Waals surface area contributed by atoms with E-state index in [1.54, 1.807) is 0 Å². The van der Waals surface area contributed by atoms with E-state index >= 15 is 0 Å². The molecule has 0 saturated carbocycles. The van der Waals surface area contributed by atoms with Crippen LogP contribution in [0.4, 0.5) is 0 Å². The van der Waals surface area contributed by atoms with Gasteiger partial charge in [-0.3, -0.25) is 4.68 Å². The molecule has 16 heavy (non-hydrogen) atoms. The molecular weight excluding hydrogens is 218 g/mol. The molecule has 0 fully saturated rings. The Kier molecular flexibility index (Phi) is 3.39. The number of thiophene rings is 1. The van der Waals surface area contributed by atoms with Gasteiger partial charge in [0.15, 0.2) is 0 Å². The maximum Gasteiger partial charge on any atom is 0.0833 e. The van der Waals surface area contributed by atoms with Gasteiger partial charge < -0.3 is 0 Å². The van der Waals surface area contributed by atoms with Gasteiger partial charge in [0.2, 0.25) is 0 Å². The van der Waals surface area contributed by atoms with Gasteiger partial charge in [-0.2, -0.15) is 0 Å². The largest absolute Gasteiger partial charge is 0.253 e. The van der Waals surface area contributed by atoms with Crippen molar-refractivity contribution in [1.82, 2.24) is 15.0 Å². The van der Waals surface area contributed by atoms with Crippen molar-refractivity contribution in [2.45, 2.75) is 39.7 Å². The Morgan fingerprint density at radius 3 is 2.88 bits per heavy atom. The first-order valence-electron chi connectivity index (χ1n) is 5.63. The van der Waals surface area contributed by atoms with E-state index in [4.69, 9.17) is 0 Å². The van der Waals surface area contributed by atoms with Crippen molar-refractivity contribution in [2.24, 2.45) is 0 Å². The lowest BCUT2D eigenvalue weighted by atomic mass is 10.0. The monoisotopic (exact) mass is 235 g/mol. The summed E-state index contributed by atoms with van der Waals surface area (Å²) in [4.78, 5) is 1.46. The Bertz CT molecular complexity index is 458. The molecule has 2 heterocycles. The van der Waals surface area contributed by atoms with E-state index in [-0.39, 0.29) is 0 Å². The standard InChI is InChI=1S/C12H17N3S/c1-4-15-8-11(13-14-15)7-10(3)12-9(2)5-6-16-12/h5-6,8,10H,4,7H2,1-3H3. The maximum absolute atomic E-state index is 4.18. The third-order valence-electron chi connectivity index (χ3n) is 2.77. The highest BCUT2D eigenvalue weighted by atomic mass is 32.1. The lowest BCUT2D eigenvalue weighted by Crippen LogP contribution is -1.98. The van der Waals surface area contributed by atoms with Crippen LogP contribution < -0.4 is 0 Å². The Hall–Kier alpha value is -1.16. The fourth-order valence-corrected chi connectivity index (χ4v) is 2.87. The molecule has 0 N–H and O–H groups in total. The molecular formula is C12H17N3S. The van der Waals surface area contributed by atoms with Gasteiger partial charge in [0, 0.05) is 24.0 Å². The first-order valence-corrected chi connectivity index (χ1v) is 6.51. The van der Waals surface area contributed by atoms with E-state index in [9.17, 15) is 0 Å². The molecule has 0 bridgehead atoms. The number of aryl methyl sites for hydroxylation is 2. The number of hydrogen-bond donors (Lipinski definition) is 0. The zero-order chi connectivity index (χ0) is 11.5. The molecule has 0 radical (unpaired) electrons. The minimum absolute atomic E-state index is 0.530. The molecule has 2 aromatic rings. The second-order valence-corrected chi connectivity index (χ2v) is 5.09. The summed E-state index contributed by atoms with van der Waals surface area (Å²) in [5.41, 5.74) is 2.47. The van der Waals surface area contributed by atoms with Crippen LogP contribution >= 0.6 is 11.3 Å². The highest BCUT2D eigenvalue weighted by Crippen LogP contribution is 2.27. The Morgan fingerprint density at radius 2 is 2.31 bits per heavy atom. The molecule has 3 nitrogen and oxygen atoms in total. The number of hydrogen-bond acceptors (Lipinski definition) is 3. The predicted octanol–water partition coefficient (Wildman–Crippen LogP) is 3.01. The first kappa shape index (κ1) is 11.3. The van der Waals surface area contributed by atoms with Crippen molar-refractivity contribution in [3.8, 4) is 0 Å². The van der Waals surface area contributed by atoms with Gasteiger partial charge in [0.25, 0.3) is 0 Å². The minimum Gasteiger partial charge on any atom is -0.253 e. The molecule has 0 amide bonds. The molecule has 1 atom stereocenters. The Morgan fingerprint density at radius 1 is 1.50 bits per heavy atom. The molecule has 0 aromatic carbocycles. The molecule has 0 aliphatic rings. The molecule has 1 unspecified atom stereocenters. The van der Waals surface area contributed by atoms with Gasteiger partial charge in [-0.25, -0.2) is 0 Å². The molecule has 0 saturated heterocycles. The molecule has 0 aliphatic heterocycles. The van der Waals surface area contributed by atoms with Crippen molar-refractivity contribution >= 4 is 11.3 Å².